The van der Waals surface area contributed by atoms with Crippen molar-refractivity contribution in [1.82, 2.24) is 15.1 Å². The minimum atomic E-state index is -0.517. The fraction of sp³-hybridized carbons (Fsp3) is 0.353. The Morgan fingerprint density at radius 3 is 2.71 bits per heavy atom. The van der Waals surface area contributed by atoms with Gasteiger partial charge in [-0.3, -0.25) is 9.48 Å². The smallest absolute Gasteiger partial charge is 0.319 e. The molecule has 0 aliphatic carbocycles. The number of aromatic nitrogens is 2. The average molecular weight is 327 g/mol. The number of carbonyl (C=O) groups is 2. The van der Waals surface area contributed by atoms with Crippen LogP contribution in [0, 0.1) is 6.92 Å². The molecule has 1 unspecified atom stereocenters. The molecular formula is C17H21N5O2. The molecule has 0 radical (unpaired) electrons. The summed E-state index contributed by atoms with van der Waals surface area (Å²) in [5.74, 6) is -0.0774. The molecule has 1 aromatic carbocycles. The van der Waals surface area contributed by atoms with Crippen molar-refractivity contribution >= 4 is 23.3 Å². The van der Waals surface area contributed by atoms with Crippen LogP contribution in [0.25, 0.3) is 0 Å². The van der Waals surface area contributed by atoms with Crippen LogP contribution >= 0.6 is 0 Å². The molecule has 1 fully saturated rings. The van der Waals surface area contributed by atoms with E-state index in [9.17, 15) is 9.59 Å². The van der Waals surface area contributed by atoms with Crippen LogP contribution in [0.15, 0.2) is 36.7 Å². The first-order valence-corrected chi connectivity index (χ1v) is 7.97. The van der Waals surface area contributed by atoms with Crippen molar-refractivity contribution < 1.29 is 9.59 Å². The lowest BCUT2D eigenvalue weighted by Crippen LogP contribution is -2.53. The number of nitrogens with one attached hydrogen (secondary N) is 2. The van der Waals surface area contributed by atoms with Crippen LogP contribution in [-0.4, -0.2) is 34.3 Å². The van der Waals surface area contributed by atoms with Gasteiger partial charge in [0.25, 0.3) is 0 Å². The van der Waals surface area contributed by atoms with Crippen LogP contribution in [0.5, 0.6) is 0 Å². The Morgan fingerprint density at radius 1 is 1.29 bits per heavy atom. The van der Waals surface area contributed by atoms with Crippen LogP contribution in [0.3, 0.4) is 0 Å². The number of urea groups is 1. The van der Waals surface area contributed by atoms with Gasteiger partial charge in [-0.05, 0) is 31.9 Å². The first kappa shape index (κ1) is 16.0. The maximum atomic E-state index is 12.7. The molecule has 1 atom stereocenters. The highest BCUT2D eigenvalue weighted by Gasteiger charge is 2.30. The molecule has 24 heavy (non-hydrogen) atoms. The average Bonchev–Trinajstić information content (AvgIpc) is 2.95. The summed E-state index contributed by atoms with van der Waals surface area (Å²) in [6.07, 6.45) is 4.74. The molecule has 0 bridgehead atoms. The van der Waals surface area contributed by atoms with Crippen molar-refractivity contribution in [2.75, 3.05) is 16.8 Å². The molecule has 1 saturated heterocycles. The van der Waals surface area contributed by atoms with Crippen LogP contribution in [0.4, 0.5) is 16.2 Å². The van der Waals surface area contributed by atoms with Gasteiger partial charge in [0.1, 0.15) is 6.04 Å². The number of amides is 3. The SMILES string of the molecule is Cc1ccc(N2CCCC(NC(=O)Nc3cnn(C)c3)C2=O)cc1. The molecule has 7 heteroatoms. The van der Waals surface area contributed by atoms with Crippen molar-refractivity contribution in [2.45, 2.75) is 25.8 Å². The fourth-order valence-corrected chi connectivity index (χ4v) is 2.80. The number of piperidine rings is 1. The third kappa shape index (κ3) is 3.56. The Hall–Kier alpha value is -2.83. The molecular weight excluding hydrogens is 306 g/mol. The minimum absolute atomic E-state index is 0.0774. The standard InChI is InChI=1S/C17H21N5O2/c1-12-5-7-14(8-6-12)22-9-3-4-15(16(22)23)20-17(24)19-13-10-18-21(2)11-13/h5-8,10-11,15H,3-4,9H2,1-2H3,(H2,19,20,24). The van der Waals surface area contributed by atoms with Crippen LogP contribution in [0.1, 0.15) is 18.4 Å². The number of hydrogen-bond donors (Lipinski definition) is 2. The Balaban J connectivity index is 1.64. The molecule has 7 nitrogen and oxygen atoms in total. The van der Waals surface area contributed by atoms with E-state index in [2.05, 4.69) is 15.7 Å². The normalized spacial score (nSPS) is 17.7. The third-order valence-corrected chi connectivity index (χ3v) is 4.05. The molecule has 2 heterocycles. The number of anilines is 2. The largest absolute Gasteiger partial charge is 0.326 e. The predicted octanol–water partition coefficient (Wildman–Crippen LogP) is 2.05. The Morgan fingerprint density at radius 2 is 2.04 bits per heavy atom. The van der Waals surface area contributed by atoms with Gasteiger partial charge < -0.3 is 15.5 Å². The van der Waals surface area contributed by atoms with Crippen molar-refractivity contribution in [3.8, 4) is 0 Å². The van der Waals surface area contributed by atoms with Crippen LogP contribution in [0.2, 0.25) is 0 Å². The lowest BCUT2D eigenvalue weighted by atomic mass is 10.0. The van der Waals surface area contributed by atoms with E-state index in [0.29, 0.717) is 18.7 Å². The van der Waals surface area contributed by atoms with E-state index >= 15 is 0 Å². The van der Waals surface area contributed by atoms with Crippen LogP contribution < -0.4 is 15.5 Å². The van der Waals surface area contributed by atoms with E-state index in [4.69, 9.17) is 0 Å². The maximum absolute atomic E-state index is 12.7. The monoisotopic (exact) mass is 327 g/mol. The Labute approximate surface area is 140 Å². The molecule has 1 aliphatic rings. The zero-order chi connectivity index (χ0) is 17.1. The first-order chi connectivity index (χ1) is 11.5. The van der Waals surface area contributed by atoms with Gasteiger partial charge >= 0.3 is 6.03 Å². The summed E-state index contributed by atoms with van der Waals surface area (Å²) in [4.78, 5) is 26.5. The minimum Gasteiger partial charge on any atom is -0.326 e. The number of benzene rings is 1. The van der Waals surface area contributed by atoms with Crippen LogP contribution in [-0.2, 0) is 11.8 Å². The Bertz CT molecular complexity index is 738. The lowest BCUT2D eigenvalue weighted by molar-refractivity contribution is -0.121. The van der Waals surface area contributed by atoms with Gasteiger partial charge in [0.15, 0.2) is 0 Å². The van der Waals surface area contributed by atoms with Crippen molar-refractivity contribution in [1.29, 1.82) is 0 Å². The molecule has 126 valence electrons. The van der Waals surface area contributed by atoms with Gasteiger partial charge in [-0.2, -0.15) is 5.10 Å². The quantitative estimate of drug-likeness (QED) is 0.905. The molecule has 0 saturated carbocycles. The second-order valence-electron chi connectivity index (χ2n) is 6.02. The molecule has 2 aromatic rings. The fourth-order valence-electron chi connectivity index (χ4n) is 2.80. The zero-order valence-electron chi connectivity index (χ0n) is 13.8. The lowest BCUT2D eigenvalue weighted by Gasteiger charge is -2.32. The third-order valence-electron chi connectivity index (χ3n) is 4.05. The highest BCUT2D eigenvalue weighted by molar-refractivity contribution is 6.01. The summed E-state index contributed by atoms with van der Waals surface area (Å²) in [6.45, 7) is 2.68. The number of rotatable bonds is 3. The van der Waals surface area contributed by atoms with E-state index in [0.717, 1.165) is 17.7 Å². The van der Waals surface area contributed by atoms with Gasteiger partial charge in [0.2, 0.25) is 5.91 Å². The summed E-state index contributed by atoms with van der Waals surface area (Å²) in [5, 5.41) is 9.44. The number of carbonyl (C=O) groups excluding carboxylic acids is 2. The molecule has 1 aromatic heterocycles. The highest BCUT2D eigenvalue weighted by atomic mass is 16.2. The second-order valence-corrected chi connectivity index (χ2v) is 6.02. The summed E-state index contributed by atoms with van der Waals surface area (Å²) in [5.41, 5.74) is 2.60. The maximum Gasteiger partial charge on any atom is 0.319 e. The topological polar surface area (TPSA) is 79.3 Å². The number of nitrogens with zero attached hydrogens (tertiary/aromatic N) is 3. The molecule has 3 rings (SSSR count). The van der Waals surface area contributed by atoms with E-state index in [-0.39, 0.29) is 5.91 Å². The van der Waals surface area contributed by atoms with E-state index < -0.39 is 12.1 Å². The first-order valence-electron chi connectivity index (χ1n) is 7.97. The summed E-state index contributed by atoms with van der Waals surface area (Å²) in [6, 6.07) is 6.92. The molecule has 1 aliphatic heterocycles. The van der Waals surface area contributed by atoms with Crippen molar-refractivity contribution in [3.63, 3.8) is 0 Å². The van der Waals surface area contributed by atoms with Gasteiger partial charge in [0, 0.05) is 25.5 Å². The van der Waals surface area contributed by atoms with Gasteiger partial charge in [-0.25, -0.2) is 4.79 Å². The summed E-state index contributed by atoms with van der Waals surface area (Å²) in [7, 11) is 1.77. The summed E-state index contributed by atoms with van der Waals surface area (Å²) >= 11 is 0. The molecule has 3 amide bonds. The number of aryl methyl sites for hydroxylation is 2. The predicted molar refractivity (Wildman–Crippen MR) is 91.9 cm³/mol. The van der Waals surface area contributed by atoms with Crippen molar-refractivity contribution in [3.05, 3.63) is 42.2 Å². The van der Waals surface area contributed by atoms with Gasteiger partial charge in [0.05, 0.1) is 11.9 Å². The highest BCUT2D eigenvalue weighted by Crippen LogP contribution is 2.21. The van der Waals surface area contributed by atoms with E-state index in [1.165, 1.54) is 0 Å². The van der Waals surface area contributed by atoms with E-state index in [1.807, 2.05) is 31.2 Å². The number of hydrogen-bond acceptors (Lipinski definition) is 3. The molecule has 0 spiro atoms. The van der Waals surface area contributed by atoms with Crippen molar-refractivity contribution in [2.24, 2.45) is 7.05 Å². The van der Waals surface area contributed by atoms with Gasteiger partial charge in [-0.1, -0.05) is 17.7 Å². The zero-order valence-corrected chi connectivity index (χ0v) is 13.8. The van der Waals surface area contributed by atoms with Gasteiger partial charge in [-0.15, -0.1) is 0 Å². The Kier molecular flexibility index (Phi) is 4.50. The molecule has 2 N–H and O–H groups in total. The summed E-state index contributed by atoms with van der Waals surface area (Å²) < 4.78 is 1.60. The second kappa shape index (κ2) is 6.74. The van der Waals surface area contributed by atoms with E-state index in [1.54, 1.807) is 29.0 Å².